The SMILES string of the molecule is CCc1nc(Cl)nc2c(Br)cccc12. The Labute approximate surface area is 95.5 Å². The number of halogens is 2. The van der Waals surface area contributed by atoms with E-state index in [2.05, 4.69) is 32.8 Å². The molecule has 2 rings (SSSR count). The van der Waals surface area contributed by atoms with E-state index in [9.17, 15) is 0 Å². The molecule has 1 heterocycles. The molecule has 0 aliphatic rings. The third-order valence-corrected chi connectivity index (χ3v) is 2.87. The van der Waals surface area contributed by atoms with Crippen molar-refractivity contribution in [3.8, 4) is 0 Å². The van der Waals surface area contributed by atoms with E-state index >= 15 is 0 Å². The van der Waals surface area contributed by atoms with Crippen LogP contribution in [0.5, 0.6) is 0 Å². The fraction of sp³-hybridized carbons (Fsp3) is 0.200. The van der Waals surface area contributed by atoms with E-state index in [1.54, 1.807) is 0 Å². The molecule has 0 bridgehead atoms. The van der Waals surface area contributed by atoms with Gasteiger partial charge in [0, 0.05) is 9.86 Å². The van der Waals surface area contributed by atoms with Gasteiger partial charge in [-0.2, -0.15) is 0 Å². The first-order valence-corrected chi connectivity index (χ1v) is 5.50. The lowest BCUT2D eigenvalue weighted by atomic mass is 10.1. The Hall–Kier alpha value is -0.670. The van der Waals surface area contributed by atoms with Gasteiger partial charge in [0.1, 0.15) is 0 Å². The average Bonchev–Trinajstić information content (AvgIpc) is 2.18. The van der Waals surface area contributed by atoms with Crippen LogP contribution >= 0.6 is 27.5 Å². The van der Waals surface area contributed by atoms with Crippen LogP contribution in [0.4, 0.5) is 0 Å². The van der Waals surface area contributed by atoms with Crippen LogP contribution in [0.25, 0.3) is 10.9 Å². The highest BCUT2D eigenvalue weighted by molar-refractivity contribution is 9.10. The summed E-state index contributed by atoms with van der Waals surface area (Å²) in [6.07, 6.45) is 0.856. The standard InChI is InChI=1S/C10H8BrClN2/c1-2-8-6-4-3-5-7(11)9(6)14-10(12)13-8/h3-5H,2H2,1H3. The maximum atomic E-state index is 5.83. The Balaban J connectivity index is 2.87. The molecule has 0 saturated heterocycles. The Bertz CT molecular complexity index is 485. The van der Waals surface area contributed by atoms with Crippen molar-refractivity contribution in [2.45, 2.75) is 13.3 Å². The van der Waals surface area contributed by atoms with Crippen LogP contribution in [0, 0.1) is 0 Å². The highest BCUT2D eigenvalue weighted by Gasteiger charge is 2.06. The monoisotopic (exact) mass is 270 g/mol. The van der Waals surface area contributed by atoms with Crippen molar-refractivity contribution in [1.29, 1.82) is 0 Å². The Kier molecular flexibility index (Phi) is 2.70. The molecule has 2 aromatic rings. The van der Waals surface area contributed by atoms with E-state index in [0.717, 1.165) is 27.5 Å². The van der Waals surface area contributed by atoms with E-state index in [1.165, 1.54) is 0 Å². The van der Waals surface area contributed by atoms with E-state index in [-0.39, 0.29) is 0 Å². The summed E-state index contributed by atoms with van der Waals surface area (Å²) in [7, 11) is 0. The predicted octanol–water partition coefficient (Wildman–Crippen LogP) is 3.61. The molecule has 14 heavy (non-hydrogen) atoms. The van der Waals surface area contributed by atoms with Crippen molar-refractivity contribution in [1.82, 2.24) is 9.97 Å². The minimum atomic E-state index is 0.307. The molecule has 0 amide bonds. The Morgan fingerprint density at radius 1 is 1.36 bits per heavy atom. The molecular formula is C10H8BrClN2. The molecule has 0 spiro atoms. The largest absolute Gasteiger partial charge is 0.223 e. The quantitative estimate of drug-likeness (QED) is 0.741. The van der Waals surface area contributed by atoms with Gasteiger partial charge < -0.3 is 0 Å². The van der Waals surface area contributed by atoms with Crippen molar-refractivity contribution in [2.75, 3.05) is 0 Å². The average molecular weight is 272 g/mol. The third-order valence-electron chi connectivity index (χ3n) is 2.06. The first kappa shape index (κ1) is 9.87. The lowest BCUT2D eigenvalue weighted by Gasteiger charge is -2.04. The summed E-state index contributed by atoms with van der Waals surface area (Å²) >= 11 is 9.28. The molecule has 4 heteroatoms. The summed E-state index contributed by atoms with van der Waals surface area (Å²) in [6.45, 7) is 2.05. The van der Waals surface area contributed by atoms with E-state index in [0.29, 0.717) is 5.28 Å². The van der Waals surface area contributed by atoms with Crippen LogP contribution in [0.3, 0.4) is 0 Å². The maximum Gasteiger partial charge on any atom is 0.223 e. The van der Waals surface area contributed by atoms with Gasteiger partial charge in [0.05, 0.1) is 11.2 Å². The van der Waals surface area contributed by atoms with Crippen LogP contribution in [-0.4, -0.2) is 9.97 Å². The van der Waals surface area contributed by atoms with Crippen molar-refractivity contribution >= 4 is 38.4 Å². The second-order valence-electron chi connectivity index (χ2n) is 2.93. The molecular weight excluding hydrogens is 263 g/mol. The van der Waals surface area contributed by atoms with Gasteiger partial charge >= 0.3 is 0 Å². The van der Waals surface area contributed by atoms with Gasteiger partial charge in [-0.15, -0.1) is 0 Å². The van der Waals surface area contributed by atoms with E-state index in [1.807, 2.05) is 18.2 Å². The molecule has 0 aliphatic carbocycles. The molecule has 1 aromatic carbocycles. The molecule has 72 valence electrons. The van der Waals surface area contributed by atoms with Gasteiger partial charge in [0.15, 0.2) is 0 Å². The van der Waals surface area contributed by atoms with Crippen LogP contribution < -0.4 is 0 Å². The highest BCUT2D eigenvalue weighted by Crippen LogP contribution is 2.25. The van der Waals surface area contributed by atoms with Gasteiger partial charge in [-0.25, -0.2) is 9.97 Å². The number of rotatable bonds is 1. The van der Waals surface area contributed by atoms with Crippen molar-refractivity contribution in [3.63, 3.8) is 0 Å². The number of hydrogen-bond donors (Lipinski definition) is 0. The molecule has 0 unspecified atom stereocenters. The summed E-state index contributed by atoms with van der Waals surface area (Å²) in [5, 5.41) is 1.37. The zero-order chi connectivity index (χ0) is 10.1. The fourth-order valence-corrected chi connectivity index (χ4v) is 2.06. The number of hydrogen-bond acceptors (Lipinski definition) is 2. The smallest absolute Gasteiger partial charge is 0.222 e. The number of fused-ring (bicyclic) bond motifs is 1. The molecule has 0 fully saturated rings. The predicted molar refractivity (Wildman–Crippen MR) is 61.6 cm³/mol. The lowest BCUT2D eigenvalue weighted by molar-refractivity contribution is 1.03. The molecule has 1 aromatic heterocycles. The number of benzene rings is 1. The number of para-hydroxylation sites is 1. The summed E-state index contributed by atoms with van der Waals surface area (Å²) < 4.78 is 0.953. The normalized spacial score (nSPS) is 10.8. The third kappa shape index (κ3) is 1.62. The second kappa shape index (κ2) is 3.83. The fourth-order valence-electron chi connectivity index (χ4n) is 1.42. The van der Waals surface area contributed by atoms with Crippen molar-refractivity contribution < 1.29 is 0 Å². The van der Waals surface area contributed by atoms with Crippen LogP contribution in [0.2, 0.25) is 5.28 Å². The van der Waals surface area contributed by atoms with Crippen LogP contribution in [0.1, 0.15) is 12.6 Å². The highest BCUT2D eigenvalue weighted by atomic mass is 79.9. The summed E-state index contributed by atoms with van der Waals surface area (Å²) in [5.41, 5.74) is 1.87. The zero-order valence-corrected chi connectivity index (χ0v) is 9.93. The first-order valence-electron chi connectivity index (χ1n) is 4.33. The topological polar surface area (TPSA) is 25.8 Å². The Morgan fingerprint density at radius 2 is 2.14 bits per heavy atom. The molecule has 0 atom stereocenters. The lowest BCUT2D eigenvalue weighted by Crippen LogP contribution is -1.93. The number of nitrogens with zero attached hydrogens (tertiary/aromatic N) is 2. The summed E-state index contributed by atoms with van der Waals surface area (Å²) in [4.78, 5) is 8.39. The van der Waals surface area contributed by atoms with Gasteiger partial charge in [0.2, 0.25) is 5.28 Å². The Morgan fingerprint density at radius 3 is 2.86 bits per heavy atom. The van der Waals surface area contributed by atoms with Crippen molar-refractivity contribution in [3.05, 3.63) is 33.6 Å². The molecule has 0 radical (unpaired) electrons. The minimum absolute atomic E-state index is 0.307. The minimum Gasteiger partial charge on any atom is -0.222 e. The summed E-state index contributed by atoms with van der Waals surface area (Å²) in [5.74, 6) is 0. The molecule has 0 saturated carbocycles. The number of aromatic nitrogens is 2. The van der Waals surface area contributed by atoms with E-state index in [4.69, 9.17) is 11.6 Å². The van der Waals surface area contributed by atoms with Crippen molar-refractivity contribution in [2.24, 2.45) is 0 Å². The van der Waals surface area contributed by atoms with Crippen LogP contribution in [0.15, 0.2) is 22.7 Å². The second-order valence-corrected chi connectivity index (χ2v) is 4.12. The molecule has 0 N–H and O–H groups in total. The van der Waals surface area contributed by atoms with Crippen LogP contribution in [-0.2, 0) is 6.42 Å². The zero-order valence-electron chi connectivity index (χ0n) is 7.59. The van der Waals surface area contributed by atoms with Gasteiger partial charge in [0.25, 0.3) is 0 Å². The van der Waals surface area contributed by atoms with Gasteiger partial charge in [-0.3, -0.25) is 0 Å². The van der Waals surface area contributed by atoms with Gasteiger partial charge in [-0.05, 0) is 40.0 Å². The number of aryl methyl sites for hydroxylation is 1. The first-order chi connectivity index (χ1) is 6.72. The van der Waals surface area contributed by atoms with E-state index < -0.39 is 0 Å². The molecule has 0 aliphatic heterocycles. The van der Waals surface area contributed by atoms with Gasteiger partial charge in [-0.1, -0.05) is 19.1 Å². The molecule has 2 nitrogen and oxygen atoms in total. The maximum absolute atomic E-state index is 5.83. The summed E-state index contributed by atoms with van der Waals surface area (Å²) in [6, 6.07) is 5.93.